The van der Waals surface area contributed by atoms with Crippen LogP contribution in [0.3, 0.4) is 0 Å². The molecule has 0 radical (unpaired) electrons. The number of hydrogen-bond acceptors (Lipinski definition) is 8. The van der Waals surface area contributed by atoms with E-state index in [1.165, 1.54) is 29.8 Å². The molecule has 0 spiro atoms. The van der Waals surface area contributed by atoms with Crippen molar-refractivity contribution in [2.45, 2.75) is 57.9 Å². The monoisotopic (exact) mass is 567 g/mol. The topological polar surface area (TPSA) is 133 Å². The van der Waals surface area contributed by atoms with Gasteiger partial charge in [0.25, 0.3) is 5.56 Å². The Balaban J connectivity index is 1.76. The van der Waals surface area contributed by atoms with Crippen LogP contribution in [0.15, 0.2) is 52.3 Å². The highest BCUT2D eigenvalue weighted by Crippen LogP contribution is 2.35. The zero-order valence-corrected chi connectivity index (χ0v) is 23.8. The van der Waals surface area contributed by atoms with E-state index >= 15 is 0 Å². The van der Waals surface area contributed by atoms with Gasteiger partial charge in [-0.2, -0.15) is 5.10 Å². The van der Waals surface area contributed by atoms with Crippen LogP contribution in [0.1, 0.15) is 43.9 Å². The van der Waals surface area contributed by atoms with Gasteiger partial charge in [0, 0.05) is 36.7 Å². The van der Waals surface area contributed by atoms with E-state index in [-0.39, 0.29) is 12.6 Å². The van der Waals surface area contributed by atoms with Gasteiger partial charge in [-0.3, -0.25) is 14.2 Å². The molecule has 12 heteroatoms. The number of nitrogens with zero attached hydrogens (tertiary/aromatic N) is 4. The van der Waals surface area contributed by atoms with Crippen LogP contribution in [-0.2, 0) is 26.4 Å². The van der Waals surface area contributed by atoms with Crippen LogP contribution in [0.4, 0.5) is 0 Å². The number of aryl methyl sites for hydroxylation is 1. The van der Waals surface area contributed by atoms with Gasteiger partial charge in [0.1, 0.15) is 27.2 Å². The van der Waals surface area contributed by atoms with Gasteiger partial charge in [-0.15, -0.1) is 0 Å². The number of primary amides is 1. The molecule has 40 heavy (non-hydrogen) atoms. The molecule has 0 bridgehead atoms. The first-order chi connectivity index (χ1) is 19.1. The standard InChI is InChI=1S/C28H33N5O6S/c1-17-22-23(34)33(28(2,3)26(29)35)27(36)31(25(22)40-24(17)32-13-7-12-30-32)16-21(39-18-10-14-38-15-11-18)19-8-5-6-9-20(19)37-4/h5-9,12-13,18,21H,10-11,14-16H2,1-4H3,(H2,29,35). The Labute approximate surface area is 234 Å². The lowest BCUT2D eigenvalue weighted by Gasteiger charge is -2.30. The normalized spacial score (nSPS) is 15.4. The van der Waals surface area contributed by atoms with Crippen LogP contribution in [0.25, 0.3) is 15.2 Å². The van der Waals surface area contributed by atoms with E-state index < -0.39 is 28.8 Å². The van der Waals surface area contributed by atoms with Crippen molar-refractivity contribution < 1.29 is 19.0 Å². The second-order valence-corrected chi connectivity index (χ2v) is 11.3. The smallest absolute Gasteiger partial charge is 0.333 e. The van der Waals surface area contributed by atoms with Crippen LogP contribution in [0, 0.1) is 6.92 Å². The zero-order chi connectivity index (χ0) is 28.6. The Bertz CT molecular complexity index is 1650. The summed E-state index contributed by atoms with van der Waals surface area (Å²) in [6.07, 6.45) is 4.16. The van der Waals surface area contributed by atoms with Crippen molar-refractivity contribution in [1.82, 2.24) is 18.9 Å². The molecule has 1 atom stereocenters. The highest BCUT2D eigenvalue weighted by atomic mass is 32.1. The summed E-state index contributed by atoms with van der Waals surface area (Å²) in [6, 6.07) is 9.29. The quantitative estimate of drug-likeness (QED) is 0.329. The molecular formula is C28H33N5O6S. The summed E-state index contributed by atoms with van der Waals surface area (Å²) < 4.78 is 21.9. The Kier molecular flexibility index (Phi) is 7.67. The maximum atomic E-state index is 14.2. The van der Waals surface area contributed by atoms with Gasteiger partial charge >= 0.3 is 5.69 Å². The van der Waals surface area contributed by atoms with Gasteiger partial charge in [-0.05, 0) is 45.7 Å². The number of fused-ring (bicyclic) bond motifs is 1. The highest BCUT2D eigenvalue weighted by molar-refractivity contribution is 7.21. The maximum absolute atomic E-state index is 14.2. The van der Waals surface area contributed by atoms with Crippen molar-refractivity contribution in [3.05, 3.63) is 74.7 Å². The fraction of sp³-hybridized carbons (Fsp3) is 0.429. The lowest BCUT2D eigenvalue weighted by molar-refractivity contribution is -0.125. The summed E-state index contributed by atoms with van der Waals surface area (Å²) in [5.41, 5.74) is 4.31. The number of carbonyl (C=O) groups is 1. The Morgan fingerprint density at radius 1 is 1.23 bits per heavy atom. The summed E-state index contributed by atoms with van der Waals surface area (Å²) >= 11 is 1.28. The molecule has 5 rings (SSSR count). The number of thiophene rings is 1. The molecular weight excluding hydrogens is 534 g/mol. The number of ether oxygens (including phenoxy) is 3. The molecule has 4 heterocycles. The van der Waals surface area contributed by atoms with Crippen LogP contribution in [0.5, 0.6) is 5.75 Å². The summed E-state index contributed by atoms with van der Waals surface area (Å²) in [5.74, 6) is -0.174. The van der Waals surface area contributed by atoms with Gasteiger partial charge in [-0.1, -0.05) is 29.5 Å². The molecule has 1 saturated heterocycles. The molecule has 1 fully saturated rings. The molecule has 1 aromatic carbocycles. The van der Waals surface area contributed by atoms with E-state index in [9.17, 15) is 14.4 Å². The van der Waals surface area contributed by atoms with E-state index in [4.69, 9.17) is 19.9 Å². The van der Waals surface area contributed by atoms with Gasteiger partial charge < -0.3 is 19.9 Å². The number of nitrogens with two attached hydrogens (primary N) is 1. The molecule has 11 nitrogen and oxygen atoms in total. The number of rotatable bonds is 9. The number of benzene rings is 1. The van der Waals surface area contributed by atoms with Gasteiger partial charge in [0.15, 0.2) is 0 Å². The van der Waals surface area contributed by atoms with E-state index in [1.54, 1.807) is 30.3 Å². The van der Waals surface area contributed by atoms with Crippen molar-refractivity contribution in [2.24, 2.45) is 5.73 Å². The predicted octanol–water partition coefficient (Wildman–Crippen LogP) is 2.88. The van der Waals surface area contributed by atoms with E-state index in [0.717, 1.165) is 10.1 Å². The second kappa shape index (κ2) is 11.0. The molecule has 0 aliphatic carbocycles. The van der Waals surface area contributed by atoms with E-state index in [1.807, 2.05) is 31.2 Å². The molecule has 1 unspecified atom stereocenters. The molecule has 1 aliphatic rings. The number of amides is 1. The average molecular weight is 568 g/mol. The van der Waals surface area contributed by atoms with Gasteiger partial charge in [-0.25, -0.2) is 14.0 Å². The fourth-order valence-corrected chi connectivity index (χ4v) is 6.31. The summed E-state index contributed by atoms with van der Waals surface area (Å²) in [6.45, 7) is 6.00. The number of carbonyl (C=O) groups excluding carboxylic acids is 1. The lowest BCUT2D eigenvalue weighted by Crippen LogP contribution is -2.54. The largest absolute Gasteiger partial charge is 0.496 e. The predicted molar refractivity (Wildman–Crippen MR) is 151 cm³/mol. The molecule has 4 aromatic rings. The van der Waals surface area contributed by atoms with Crippen molar-refractivity contribution in [1.29, 1.82) is 0 Å². The summed E-state index contributed by atoms with van der Waals surface area (Å²) in [7, 11) is 1.59. The SMILES string of the molecule is COc1ccccc1C(Cn1c(=O)n(C(C)(C)C(N)=O)c(=O)c2c(C)c(-n3cccn3)sc21)OC1CCOCC1. The van der Waals surface area contributed by atoms with Crippen molar-refractivity contribution in [3.63, 3.8) is 0 Å². The average Bonchev–Trinajstić information content (AvgIpc) is 3.59. The van der Waals surface area contributed by atoms with Gasteiger partial charge in [0.05, 0.1) is 25.1 Å². The van der Waals surface area contributed by atoms with Gasteiger partial charge in [0.2, 0.25) is 5.91 Å². The van der Waals surface area contributed by atoms with Crippen LogP contribution >= 0.6 is 11.3 Å². The Morgan fingerprint density at radius 2 is 1.95 bits per heavy atom. The molecule has 212 valence electrons. The minimum Gasteiger partial charge on any atom is -0.496 e. The van der Waals surface area contributed by atoms with Crippen molar-refractivity contribution in [2.75, 3.05) is 20.3 Å². The minimum atomic E-state index is -1.58. The van der Waals surface area contributed by atoms with E-state index in [2.05, 4.69) is 5.10 Å². The second-order valence-electron chi connectivity index (χ2n) is 10.3. The highest BCUT2D eigenvalue weighted by Gasteiger charge is 2.35. The number of aromatic nitrogens is 4. The van der Waals surface area contributed by atoms with Crippen molar-refractivity contribution >= 4 is 27.5 Å². The fourth-order valence-electron chi connectivity index (χ4n) is 5.06. The molecule has 1 amide bonds. The zero-order valence-electron chi connectivity index (χ0n) is 23.0. The first kappa shape index (κ1) is 27.8. The number of methoxy groups -OCH3 is 1. The third-order valence-corrected chi connectivity index (χ3v) is 8.73. The maximum Gasteiger partial charge on any atom is 0.333 e. The van der Waals surface area contributed by atoms with Crippen LogP contribution < -0.4 is 21.7 Å². The lowest BCUT2D eigenvalue weighted by atomic mass is 10.0. The first-order valence-electron chi connectivity index (χ1n) is 13.1. The molecule has 1 aliphatic heterocycles. The summed E-state index contributed by atoms with van der Waals surface area (Å²) in [4.78, 5) is 41.0. The van der Waals surface area contributed by atoms with E-state index in [0.29, 0.717) is 52.6 Å². The molecule has 2 N–H and O–H groups in total. The third-order valence-electron chi connectivity index (χ3n) is 7.42. The molecule has 0 saturated carbocycles. The Morgan fingerprint density at radius 3 is 2.60 bits per heavy atom. The van der Waals surface area contributed by atoms with Crippen molar-refractivity contribution in [3.8, 4) is 10.8 Å². The first-order valence-corrected chi connectivity index (χ1v) is 13.9. The Hall–Kier alpha value is -3.74. The summed E-state index contributed by atoms with van der Waals surface area (Å²) in [5, 5.41) is 5.36. The third kappa shape index (κ3) is 4.87. The van der Waals surface area contributed by atoms with Crippen LogP contribution in [0.2, 0.25) is 0 Å². The minimum absolute atomic E-state index is 0.0701. The number of para-hydroxylation sites is 1. The number of hydrogen-bond donors (Lipinski definition) is 1. The van der Waals surface area contributed by atoms with Crippen LogP contribution in [-0.4, -0.2) is 51.2 Å². The molecule has 3 aromatic heterocycles.